The molecule has 0 spiro atoms. The Bertz CT molecular complexity index is 289. The fourth-order valence-electron chi connectivity index (χ4n) is 5.80. The van der Waals surface area contributed by atoms with Gasteiger partial charge in [-0.3, -0.25) is 4.84 Å². The van der Waals surface area contributed by atoms with Gasteiger partial charge in [-0.05, 0) is 67.1 Å². The molecule has 4 bridgehead atoms. The highest BCUT2D eigenvalue weighted by atomic mass is 16.7. The maximum Gasteiger partial charge on any atom is 0.166 e. The molecule has 3 nitrogen and oxygen atoms in total. The summed E-state index contributed by atoms with van der Waals surface area (Å²) in [4.78, 5) is 4.54. The van der Waals surface area contributed by atoms with Crippen LogP contribution >= 0.6 is 0 Å². The maximum atomic E-state index is 5.62. The number of ether oxygens (including phenoxy) is 1. The van der Waals surface area contributed by atoms with Crippen LogP contribution in [0.2, 0.25) is 0 Å². The van der Waals surface area contributed by atoms with Crippen LogP contribution in [0.25, 0.3) is 0 Å². The van der Waals surface area contributed by atoms with Crippen LogP contribution in [0.3, 0.4) is 0 Å². The van der Waals surface area contributed by atoms with Gasteiger partial charge in [-0.2, -0.15) is 0 Å². The first-order valence-corrected chi connectivity index (χ1v) is 7.53. The van der Waals surface area contributed by atoms with Crippen molar-refractivity contribution in [1.82, 2.24) is 0 Å². The lowest BCUT2D eigenvalue weighted by atomic mass is 9.45. The first kappa shape index (κ1) is 12.9. The van der Waals surface area contributed by atoms with Crippen LogP contribution in [0.15, 0.2) is 0 Å². The zero-order valence-electron chi connectivity index (χ0n) is 11.7. The van der Waals surface area contributed by atoms with Gasteiger partial charge in [0.1, 0.15) is 0 Å². The lowest BCUT2D eigenvalue weighted by Gasteiger charge is -2.61. The molecule has 3 heteroatoms. The third kappa shape index (κ3) is 2.10. The van der Waals surface area contributed by atoms with E-state index in [1.807, 2.05) is 0 Å². The van der Waals surface area contributed by atoms with E-state index in [0.717, 1.165) is 36.2 Å². The van der Waals surface area contributed by atoms with E-state index in [9.17, 15) is 0 Å². The number of hydrogen-bond donors (Lipinski definition) is 1. The molecule has 0 heterocycles. The third-order valence-corrected chi connectivity index (χ3v) is 5.80. The molecule has 104 valence electrons. The Morgan fingerprint density at radius 3 is 2.39 bits per heavy atom. The summed E-state index contributed by atoms with van der Waals surface area (Å²) in [6.45, 7) is 5.94. The molecule has 4 aliphatic rings. The fraction of sp³-hybridized carbons (Fsp3) is 1.00. The Hall–Kier alpha value is -0.120. The first-order valence-electron chi connectivity index (χ1n) is 7.53. The largest absolute Gasteiger partial charge is 0.353 e. The summed E-state index contributed by atoms with van der Waals surface area (Å²) < 4.78 is 5.62. The summed E-state index contributed by atoms with van der Waals surface area (Å²) in [5, 5.41) is 0. The highest BCUT2D eigenvalue weighted by Crippen LogP contribution is 2.63. The highest BCUT2D eigenvalue weighted by molar-refractivity contribution is 5.05. The molecule has 18 heavy (non-hydrogen) atoms. The first-order chi connectivity index (χ1) is 8.63. The minimum atomic E-state index is 0.245. The van der Waals surface area contributed by atoms with Gasteiger partial charge in [0, 0.05) is 0 Å². The smallest absolute Gasteiger partial charge is 0.166 e. The normalized spacial score (nSPS) is 46.0. The van der Waals surface area contributed by atoms with E-state index in [-0.39, 0.29) is 6.79 Å². The molecule has 0 aromatic rings. The van der Waals surface area contributed by atoms with E-state index in [1.165, 1.54) is 32.1 Å². The molecule has 2 atom stereocenters. The second kappa shape index (κ2) is 4.77. The van der Waals surface area contributed by atoms with Gasteiger partial charge in [-0.25, -0.2) is 5.90 Å². The van der Waals surface area contributed by atoms with Crippen LogP contribution in [0.4, 0.5) is 0 Å². The number of rotatable bonds is 5. The summed E-state index contributed by atoms with van der Waals surface area (Å²) in [6, 6.07) is 0. The van der Waals surface area contributed by atoms with Gasteiger partial charge in [-0.1, -0.05) is 13.8 Å². The van der Waals surface area contributed by atoms with Gasteiger partial charge >= 0.3 is 0 Å². The Balaban J connectivity index is 1.70. The molecule has 2 unspecified atom stereocenters. The molecule has 4 fully saturated rings. The van der Waals surface area contributed by atoms with Gasteiger partial charge in [-0.15, -0.1) is 0 Å². The molecule has 4 rings (SSSR count). The van der Waals surface area contributed by atoms with Crippen molar-refractivity contribution < 1.29 is 9.57 Å². The molecule has 0 aliphatic heterocycles. The molecule has 4 aliphatic carbocycles. The Morgan fingerprint density at radius 1 is 1.17 bits per heavy atom. The predicted molar refractivity (Wildman–Crippen MR) is 70.4 cm³/mol. The van der Waals surface area contributed by atoms with Crippen LogP contribution in [-0.2, 0) is 9.57 Å². The molecule has 0 aromatic heterocycles. The van der Waals surface area contributed by atoms with Crippen LogP contribution in [-0.4, -0.2) is 13.4 Å². The SMILES string of the molecule is CC(C)C1C2CC3CC1CC(COCON)(C3)C2. The second-order valence-corrected chi connectivity index (χ2v) is 7.42. The van der Waals surface area contributed by atoms with Gasteiger partial charge in [0.25, 0.3) is 0 Å². The molecular weight excluding hydrogens is 226 g/mol. The number of nitrogens with two attached hydrogens (primary N) is 1. The highest BCUT2D eigenvalue weighted by Gasteiger charge is 2.55. The Labute approximate surface area is 110 Å². The van der Waals surface area contributed by atoms with E-state index in [4.69, 9.17) is 10.6 Å². The van der Waals surface area contributed by atoms with Crippen molar-refractivity contribution in [2.24, 2.45) is 40.9 Å². The van der Waals surface area contributed by atoms with Crippen molar-refractivity contribution in [2.45, 2.75) is 46.0 Å². The lowest BCUT2D eigenvalue weighted by Crippen LogP contribution is -2.53. The van der Waals surface area contributed by atoms with Crippen LogP contribution < -0.4 is 5.90 Å². The molecule has 0 radical (unpaired) electrons. The summed E-state index contributed by atoms with van der Waals surface area (Å²) in [7, 11) is 0. The Morgan fingerprint density at radius 2 is 1.83 bits per heavy atom. The molecule has 0 amide bonds. The zero-order chi connectivity index (χ0) is 12.8. The Kier molecular flexibility index (Phi) is 3.41. The zero-order valence-corrected chi connectivity index (χ0v) is 11.7. The van der Waals surface area contributed by atoms with Gasteiger partial charge in [0.05, 0.1) is 6.61 Å². The summed E-state index contributed by atoms with van der Waals surface area (Å²) in [6.07, 6.45) is 7.11. The van der Waals surface area contributed by atoms with E-state index in [0.29, 0.717) is 5.41 Å². The average molecular weight is 253 g/mol. The topological polar surface area (TPSA) is 44.5 Å². The molecule has 0 aromatic carbocycles. The van der Waals surface area contributed by atoms with Gasteiger partial charge in [0.2, 0.25) is 0 Å². The van der Waals surface area contributed by atoms with Gasteiger partial charge in [0.15, 0.2) is 6.79 Å². The van der Waals surface area contributed by atoms with E-state index in [1.54, 1.807) is 0 Å². The lowest BCUT2D eigenvalue weighted by molar-refractivity contribution is -0.159. The third-order valence-electron chi connectivity index (χ3n) is 5.80. The molecular formula is C15H27NO2. The predicted octanol–water partition coefficient (Wildman–Crippen LogP) is 2.95. The van der Waals surface area contributed by atoms with E-state index in [2.05, 4.69) is 18.7 Å². The minimum Gasteiger partial charge on any atom is -0.353 e. The van der Waals surface area contributed by atoms with Crippen LogP contribution in [0, 0.1) is 35.0 Å². The van der Waals surface area contributed by atoms with Crippen molar-refractivity contribution in [3.05, 3.63) is 0 Å². The quantitative estimate of drug-likeness (QED) is 0.465. The van der Waals surface area contributed by atoms with Crippen molar-refractivity contribution in [1.29, 1.82) is 0 Å². The molecule has 0 saturated heterocycles. The van der Waals surface area contributed by atoms with Crippen LogP contribution in [0.5, 0.6) is 0 Å². The summed E-state index contributed by atoms with van der Waals surface area (Å²) in [5.74, 6) is 9.75. The van der Waals surface area contributed by atoms with Crippen molar-refractivity contribution in [2.75, 3.05) is 13.4 Å². The standard InChI is InChI=1S/C15H27NO2/c1-10(2)14-12-3-11-4-13(14)7-15(5-11,6-12)8-17-9-18-16/h10-14H,3-9,16H2,1-2H3. The monoisotopic (exact) mass is 253 g/mol. The molecule has 2 N–H and O–H groups in total. The number of hydrogen-bond acceptors (Lipinski definition) is 3. The fourth-order valence-corrected chi connectivity index (χ4v) is 5.80. The van der Waals surface area contributed by atoms with Crippen molar-refractivity contribution >= 4 is 0 Å². The van der Waals surface area contributed by atoms with Crippen molar-refractivity contribution in [3.63, 3.8) is 0 Å². The molecule has 4 saturated carbocycles. The van der Waals surface area contributed by atoms with Crippen molar-refractivity contribution in [3.8, 4) is 0 Å². The van der Waals surface area contributed by atoms with Crippen LogP contribution in [0.1, 0.15) is 46.0 Å². The summed E-state index contributed by atoms with van der Waals surface area (Å²) in [5.41, 5.74) is 0.459. The average Bonchev–Trinajstić information content (AvgIpc) is 2.26. The van der Waals surface area contributed by atoms with E-state index >= 15 is 0 Å². The second-order valence-electron chi connectivity index (χ2n) is 7.42. The van der Waals surface area contributed by atoms with Gasteiger partial charge < -0.3 is 4.74 Å². The van der Waals surface area contributed by atoms with E-state index < -0.39 is 0 Å². The maximum absolute atomic E-state index is 5.62. The summed E-state index contributed by atoms with van der Waals surface area (Å²) >= 11 is 0. The minimum absolute atomic E-state index is 0.245.